The maximum Gasteiger partial charge on any atom is 0.350 e. The first-order valence-electron chi connectivity index (χ1n) is 5.38. The fourth-order valence-electron chi connectivity index (χ4n) is 1.70. The zero-order chi connectivity index (χ0) is 14.2. The van der Waals surface area contributed by atoms with E-state index in [9.17, 15) is 4.79 Å². The SMILES string of the molecule is COC(=O)c1sc(-c2cc(Br)ccc2Cl)c(C)c1N. The molecule has 2 rings (SSSR count). The quantitative estimate of drug-likeness (QED) is 0.802. The van der Waals surface area contributed by atoms with E-state index in [-0.39, 0.29) is 0 Å². The molecule has 0 saturated heterocycles. The molecular formula is C13H11BrClNO2S. The smallest absolute Gasteiger partial charge is 0.350 e. The molecule has 0 bridgehead atoms. The van der Waals surface area contributed by atoms with Gasteiger partial charge in [0, 0.05) is 19.9 Å². The number of ether oxygens (including phenoxy) is 1. The Labute approximate surface area is 128 Å². The number of rotatable bonds is 2. The number of hydrogen-bond donors (Lipinski definition) is 1. The highest BCUT2D eigenvalue weighted by Crippen LogP contribution is 2.42. The maximum absolute atomic E-state index is 11.6. The van der Waals surface area contributed by atoms with E-state index >= 15 is 0 Å². The number of benzene rings is 1. The standard InChI is InChI=1S/C13H11BrClNO2S/c1-6-10(16)12(13(17)18-2)19-11(6)8-5-7(14)3-4-9(8)15/h3-5H,16H2,1-2H3. The summed E-state index contributed by atoms with van der Waals surface area (Å²) >= 11 is 10.9. The minimum atomic E-state index is -0.428. The van der Waals surface area contributed by atoms with Gasteiger partial charge in [0.1, 0.15) is 4.88 Å². The number of nitrogens with two attached hydrogens (primary N) is 1. The molecule has 0 aliphatic rings. The molecule has 0 aliphatic heterocycles. The van der Waals surface area contributed by atoms with Gasteiger partial charge in [-0.3, -0.25) is 0 Å². The van der Waals surface area contributed by atoms with Crippen LogP contribution >= 0.6 is 38.9 Å². The summed E-state index contributed by atoms with van der Waals surface area (Å²) in [6, 6.07) is 5.56. The highest BCUT2D eigenvalue weighted by molar-refractivity contribution is 9.10. The van der Waals surface area contributed by atoms with Crippen molar-refractivity contribution in [1.29, 1.82) is 0 Å². The molecule has 3 nitrogen and oxygen atoms in total. The van der Waals surface area contributed by atoms with Crippen LogP contribution in [0, 0.1) is 6.92 Å². The molecule has 0 radical (unpaired) electrons. The number of anilines is 1. The van der Waals surface area contributed by atoms with E-state index in [4.69, 9.17) is 22.1 Å². The lowest BCUT2D eigenvalue weighted by molar-refractivity contribution is 0.0607. The molecule has 0 fully saturated rings. The Hall–Kier alpha value is -1.04. The van der Waals surface area contributed by atoms with Crippen LogP contribution in [0.25, 0.3) is 10.4 Å². The van der Waals surface area contributed by atoms with Gasteiger partial charge in [-0.05, 0) is 30.7 Å². The van der Waals surface area contributed by atoms with E-state index in [1.807, 2.05) is 19.1 Å². The van der Waals surface area contributed by atoms with Gasteiger partial charge in [0.2, 0.25) is 0 Å². The molecule has 0 amide bonds. The zero-order valence-electron chi connectivity index (χ0n) is 10.3. The number of carbonyl (C=O) groups is 1. The van der Waals surface area contributed by atoms with Gasteiger partial charge >= 0.3 is 5.97 Å². The van der Waals surface area contributed by atoms with Crippen molar-refractivity contribution in [2.45, 2.75) is 6.92 Å². The van der Waals surface area contributed by atoms with Gasteiger partial charge < -0.3 is 10.5 Å². The third kappa shape index (κ3) is 2.63. The first kappa shape index (κ1) is 14.4. The van der Waals surface area contributed by atoms with E-state index in [2.05, 4.69) is 15.9 Å². The fraction of sp³-hybridized carbons (Fsp3) is 0.154. The van der Waals surface area contributed by atoms with Crippen LogP contribution in [0.1, 0.15) is 15.2 Å². The van der Waals surface area contributed by atoms with Gasteiger partial charge in [0.05, 0.1) is 12.8 Å². The summed E-state index contributed by atoms with van der Waals surface area (Å²) in [6.45, 7) is 1.87. The van der Waals surface area contributed by atoms with Crippen LogP contribution < -0.4 is 5.73 Å². The molecule has 19 heavy (non-hydrogen) atoms. The molecule has 1 heterocycles. The number of hydrogen-bond acceptors (Lipinski definition) is 4. The molecule has 2 aromatic rings. The molecule has 1 aromatic carbocycles. The summed E-state index contributed by atoms with van der Waals surface area (Å²) < 4.78 is 5.64. The Morgan fingerprint density at radius 2 is 2.16 bits per heavy atom. The van der Waals surface area contributed by atoms with Gasteiger partial charge in [0.15, 0.2) is 0 Å². The minimum Gasteiger partial charge on any atom is -0.465 e. The Kier molecular flexibility index (Phi) is 4.18. The average Bonchev–Trinajstić information content (AvgIpc) is 2.69. The van der Waals surface area contributed by atoms with Gasteiger partial charge in [-0.25, -0.2) is 4.79 Å². The molecule has 0 atom stereocenters. The lowest BCUT2D eigenvalue weighted by Gasteiger charge is -2.04. The average molecular weight is 361 g/mol. The van der Waals surface area contributed by atoms with Crippen LogP contribution in [0.5, 0.6) is 0 Å². The predicted octanol–water partition coefficient (Wildman–Crippen LogP) is 4.51. The van der Waals surface area contributed by atoms with Crippen molar-refractivity contribution in [1.82, 2.24) is 0 Å². The van der Waals surface area contributed by atoms with E-state index in [0.717, 1.165) is 20.5 Å². The van der Waals surface area contributed by atoms with Gasteiger partial charge in [-0.2, -0.15) is 0 Å². The van der Waals surface area contributed by atoms with Crippen molar-refractivity contribution < 1.29 is 9.53 Å². The number of nitrogen functional groups attached to an aromatic ring is 1. The van der Waals surface area contributed by atoms with Crippen molar-refractivity contribution in [3.63, 3.8) is 0 Å². The molecular weight excluding hydrogens is 350 g/mol. The van der Waals surface area contributed by atoms with Crippen molar-refractivity contribution in [3.8, 4) is 10.4 Å². The van der Waals surface area contributed by atoms with Crippen LogP contribution in [0.4, 0.5) is 5.69 Å². The lowest BCUT2D eigenvalue weighted by Crippen LogP contribution is -2.01. The summed E-state index contributed by atoms with van der Waals surface area (Å²) in [4.78, 5) is 12.9. The Balaban J connectivity index is 2.63. The topological polar surface area (TPSA) is 52.3 Å². The molecule has 0 spiro atoms. The van der Waals surface area contributed by atoms with E-state index in [1.165, 1.54) is 18.4 Å². The third-order valence-corrected chi connectivity index (χ3v) is 4.88. The Bertz CT molecular complexity index is 654. The van der Waals surface area contributed by atoms with Crippen molar-refractivity contribution in [3.05, 3.63) is 38.1 Å². The van der Waals surface area contributed by atoms with Crippen LogP contribution in [0.3, 0.4) is 0 Å². The first-order valence-corrected chi connectivity index (χ1v) is 7.37. The zero-order valence-corrected chi connectivity index (χ0v) is 13.4. The third-order valence-electron chi connectivity index (χ3n) is 2.74. The summed E-state index contributed by atoms with van der Waals surface area (Å²) in [5, 5.41) is 0.615. The van der Waals surface area contributed by atoms with Crippen molar-refractivity contribution in [2.75, 3.05) is 12.8 Å². The molecule has 1 aromatic heterocycles. The summed E-state index contributed by atoms with van der Waals surface area (Å²) in [6.07, 6.45) is 0. The fourth-order valence-corrected chi connectivity index (χ4v) is 3.50. The number of thiophene rings is 1. The first-order chi connectivity index (χ1) is 8.95. The second kappa shape index (κ2) is 5.53. The predicted molar refractivity (Wildman–Crippen MR) is 83.0 cm³/mol. The van der Waals surface area contributed by atoms with Gasteiger partial charge in [-0.15, -0.1) is 11.3 Å². The van der Waals surface area contributed by atoms with Crippen LogP contribution in [0.2, 0.25) is 5.02 Å². The summed E-state index contributed by atoms with van der Waals surface area (Å²) in [7, 11) is 1.34. The van der Waals surface area contributed by atoms with Crippen LogP contribution in [0.15, 0.2) is 22.7 Å². The van der Waals surface area contributed by atoms with Crippen LogP contribution in [-0.4, -0.2) is 13.1 Å². The molecule has 6 heteroatoms. The normalized spacial score (nSPS) is 10.5. The monoisotopic (exact) mass is 359 g/mol. The van der Waals surface area contributed by atoms with E-state index < -0.39 is 5.97 Å². The molecule has 2 N–H and O–H groups in total. The highest BCUT2D eigenvalue weighted by atomic mass is 79.9. The molecule has 0 unspecified atom stereocenters. The van der Waals surface area contributed by atoms with Crippen LogP contribution in [-0.2, 0) is 4.74 Å². The second-order valence-corrected chi connectivity index (χ2v) is 6.26. The van der Waals surface area contributed by atoms with E-state index in [1.54, 1.807) is 6.07 Å². The number of esters is 1. The number of methoxy groups -OCH3 is 1. The maximum atomic E-state index is 11.6. The van der Waals surface area contributed by atoms with Crippen molar-refractivity contribution >= 4 is 50.5 Å². The molecule has 100 valence electrons. The number of halogens is 2. The Morgan fingerprint density at radius 1 is 1.47 bits per heavy atom. The van der Waals surface area contributed by atoms with Gasteiger partial charge in [0.25, 0.3) is 0 Å². The lowest BCUT2D eigenvalue weighted by atomic mass is 10.1. The number of carbonyl (C=O) groups excluding carboxylic acids is 1. The summed E-state index contributed by atoms with van der Waals surface area (Å²) in [5.41, 5.74) is 8.09. The van der Waals surface area contributed by atoms with Gasteiger partial charge in [-0.1, -0.05) is 27.5 Å². The largest absolute Gasteiger partial charge is 0.465 e. The molecule has 0 saturated carbocycles. The van der Waals surface area contributed by atoms with E-state index in [0.29, 0.717) is 15.6 Å². The van der Waals surface area contributed by atoms with Crippen molar-refractivity contribution in [2.24, 2.45) is 0 Å². The second-order valence-electron chi connectivity index (χ2n) is 3.91. The minimum absolute atomic E-state index is 0.408. The highest BCUT2D eigenvalue weighted by Gasteiger charge is 2.21. The summed E-state index contributed by atoms with van der Waals surface area (Å²) in [5.74, 6) is -0.428. The molecule has 0 aliphatic carbocycles. The Morgan fingerprint density at radius 3 is 2.79 bits per heavy atom.